The molecule has 15 heteroatoms. The predicted octanol–water partition coefficient (Wildman–Crippen LogP) is 5.67. The summed E-state index contributed by atoms with van der Waals surface area (Å²) in [7, 11) is -1.94. The van der Waals surface area contributed by atoms with Crippen molar-refractivity contribution < 1.29 is 27.6 Å². The zero-order valence-electron chi connectivity index (χ0n) is 23.9. The van der Waals surface area contributed by atoms with E-state index in [0.29, 0.717) is 31.4 Å². The van der Waals surface area contributed by atoms with Crippen molar-refractivity contribution in [3.63, 3.8) is 0 Å². The van der Waals surface area contributed by atoms with Gasteiger partial charge in [0.05, 0.1) is 41.8 Å². The number of aromatic nitrogens is 1. The van der Waals surface area contributed by atoms with E-state index in [2.05, 4.69) is 10.5 Å². The van der Waals surface area contributed by atoms with E-state index in [1.54, 1.807) is 18.2 Å². The van der Waals surface area contributed by atoms with Crippen molar-refractivity contribution in [2.24, 2.45) is 5.10 Å². The van der Waals surface area contributed by atoms with Crippen LogP contribution in [0.25, 0.3) is 5.69 Å². The molecular weight excluding hydrogens is 633 g/mol. The van der Waals surface area contributed by atoms with Gasteiger partial charge in [0, 0.05) is 34.1 Å². The number of rotatable bonds is 11. The van der Waals surface area contributed by atoms with Crippen molar-refractivity contribution >= 4 is 56.7 Å². The molecule has 0 bridgehead atoms. The number of hydrogen-bond acceptors (Lipinski definition) is 8. The van der Waals surface area contributed by atoms with E-state index >= 15 is 0 Å². The van der Waals surface area contributed by atoms with Gasteiger partial charge in [0.1, 0.15) is 18.0 Å². The summed E-state index contributed by atoms with van der Waals surface area (Å²) >= 11 is 12.6. The minimum atomic E-state index is -4.67. The number of carbonyl (C=O) groups is 1. The quantitative estimate of drug-likeness (QED) is 0.124. The summed E-state index contributed by atoms with van der Waals surface area (Å²) < 4.78 is 40.9. The number of nitrogens with zero attached hydrogens (tertiary/aromatic N) is 4. The van der Waals surface area contributed by atoms with Gasteiger partial charge in [0.2, 0.25) is 0 Å². The first-order valence-corrected chi connectivity index (χ1v) is 15.0. The highest BCUT2D eigenvalue weighted by Gasteiger charge is 2.34. The average molecular weight is 661 g/mol. The molecule has 0 spiro atoms. The number of para-hydroxylation sites is 1. The van der Waals surface area contributed by atoms with Gasteiger partial charge >= 0.3 is 0 Å². The fourth-order valence-electron chi connectivity index (χ4n) is 4.52. The van der Waals surface area contributed by atoms with Gasteiger partial charge in [-0.1, -0.05) is 35.3 Å². The molecule has 1 amide bonds. The minimum Gasteiger partial charge on any atom is -0.497 e. The van der Waals surface area contributed by atoms with Crippen molar-refractivity contribution in [2.75, 3.05) is 25.1 Å². The standard InChI is InChI=1S/C29H27Cl2N5O7S/c1-18-13-20(19(2)35(18)26-14-21(30)9-11-23(26)31)16-32-33-29(37)17-34(24-12-10-22(42-3)15-27(24)43-4)44(40,41)28-8-6-5-7-25(28)36(38)39/h5-16H,17H2,1-4H3,(H,33,37)/b32-16-. The zero-order valence-corrected chi connectivity index (χ0v) is 26.3. The molecule has 0 unspecified atom stereocenters. The lowest BCUT2D eigenvalue weighted by atomic mass is 10.2. The number of amides is 1. The van der Waals surface area contributed by atoms with Gasteiger partial charge in [-0.15, -0.1) is 0 Å². The number of nitro benzene ring substituents is 1. The summed E-state index contributed by atoms with van der Waals surface area (Å²) in [5.74, 6) is -0.415. The number of ether oxygens (including phenoxy) is 2. The summed E-state index contributed by atoms with van der Waals surface area (Å²) in [4.78, 5) is 23.4. The highest BCUT2D eigenvalue weighted by atomic mass is 35.5. The lowest BCUT2D eigenvalue weighted by molar-refractivity contribution is -0.387. The van der Waals surface area contributed by atoms with E-state index < -0.39 is 38.0 Å². The molecule has 0 saturated heterocycles. The molecule has 0 saturated carbocycles. The van der Waals surface area contributed by atoms with Gasteiger partial charge in [0.15, 0.2) is 4.90 Å². The van der Waals surface area contributed by atoms with Crippen molar-refractivity contribution in [3.05, 3.63) is 104 Å². The molecule has 0 aliphatic carbocycles. The maximum absolute atomic E-state index is 13.9. The number of anilines is 1. The number of hydrogen-bond donors (Lipinski definition) is 1. The molecule has 1 aromatic heterocycles. The van der Waals surface area contributed by atoms with Crippen molar-refractivity contribution in [3.8, 4) is 17.2 Å². The Hall–Kier alpha value is -4.59. The molecule has 4 rings (SSSR count). The molecule has 0 aliphatic rings. The van der Waals surface area contributed by atoms with Gasteiger partial charge in [0.25, 0.3) is 21.6 Å². The second-order valence-electron chi connectivity index (χ2n) is 9.33. The number of sulfonamides is 1. The number of nitrogens with one attached hydrogen (secondary N) is 1. The van der Waals surface area contributed by atoms with Crippen LogP contribution >= 0.6 is 23.2 Å². The Bertz CT molecular complexity index is 1880. The van der Waals surface area contributed by atoms with Gasteiger partial charge < -0.3 is 14.0 Å². The molecule has 1 N–H and O–H groups in total. The Morgan fingerprint density at radius 1 is 1.07 bits per heavy atom. The van der Waals surface area contributed by atoms with E-state index in [0.717, 1.165) is 23.5 Å². The molecule has 4 aromatic rings. The first kappa shape index (κ1) is 32.3. The number of benzene rings is 3. The van der Waals surface area contributed by atoms with Gasteiger partial charge in [-0.05, 0) is 56.3 Å². The van der Waals surface area contributed by atoms with Crippen LogP contribution in [-0.2, 0) is 14.8 Å². The van der Waals surface area contributed by atoms with E-state index in [4.69, 9.17) is 32.7 Å². The summed E-state index contributed by atoms with van der Waals surface area (Å²) in [5.41, 5.74) is 4.54. The third-order valence-electron chi connectivity index (χ3n) is 6.59. The first-order chi connectivity index (χ1) is 20.9. The van der Waals surface area contributed by atoms with E-state index in [1.165, 1.54) is 50.8 Å². The predicted molar refractivity (Wildman–Crippen MR) is 168 cm³/mol. The Balaban J connectivity index is 1.67. The fourth-order valence-corrected chi connectivity index (χ4v) is 6.48. The van der Waals surface area contributed by atoms with Crippen LogP contribution in [0.3, 0.4) is 0 Å². The van der Waals surface area contributed by atoms with E-state index in [-0.39, 0.29) is 11.4 Å². The molecule has 12 nitrogen and oxygen atoms in total. The maximum atomic E-state index is 13.9. The number of methoxy groups -OCH3 is 2. The van der Waals surface area contributed by atoms with Crippen LogP contribution in [0.4, 0.5) is 11.4 Å². The third-order valence-corrected chi connectivity index (χ3v) is 8.95. The molecule has 0 atom stereocenters. The SMILES string of the molecule is COc1ccc(N(CC(=O)N/N=C\c2cc(C)n(-c3cc(Cl)ccc3Cl)c2C)S(=O)(=O)c2ccccc2[N+](=O)[O-])c(OC)c1. The van der Waals surface area contributed by atoms with Gasteiger partial charge in [-0.3, -0.25) is 19.2 Å². The summed E-state index contributed by atoms with van der Waals surface area (Å²) in [6.45, 7) is 2.92. The Morgan fingerprint density at radius 2 is 1.80 bits per heavy atom. The third kappa shape index (κ3) is 6.64. The first-order valence-electron chi connectivity index (χ1n) is 12.8. The molecule has 0 fully saturated rings. The average Bonchev–Trinajstić information content (AvgIpc) is 3.28. The van der Waals surface area contributed by atoms with E-state index in [1.807, 2.05) is 24.5 Å². The smallest absolute Gasteiger partial charge is 0.289 e. The molecule has 44 heavy (non-hydrogen) atoms. The number of hydrazone groups is 1. The highest BCUT2D eigenvalue weighted by molar-refractivity contribution is 7.93. The minimum absolute atomic E-state index is 0.0486. The summed E-state index contributed by atoms with van der Waals surface area (Å²) in [5, 5.41) is 16.7. The number of carbonyl (C=O) groups excluding carboxylic acids is 1. The van der Waals surface area contributed by atoms with Crippen LogP contribution in [-0.4, -0.2) is 50.8 Å². The molecular formula is C29H27Cl2N5O7S. The molecule has 0 aliphatic heterocycles. The molecule has 230 valence electrons. The van der Waals surface area contributed by atoms with Gasteiger partial charge in [-0.25, -0.2) is 13.8 Å². The van der Waals surface area contributed by atoms with Crippen molar-refractivity contribution in [1.82, 2.24) is 9.99 Å². The Kier molecular flexibility index (Phi) is 9.82. The largest absolute Gasteiger partial charge is 0.497 e. The van der Waals surface area contributed by atoms with E-state index in [9.17, 15) is 23.3 Å². The summed E-state index contributed by atoms with van der Waals surface area (Å²) in [6.07, 6.45) is 1.41. The second kappa shape index (κ2) is 13.4. The van der Waals surface area contributed by atoms with Crippen LogP contribution in [0.5, 0.6) is 11.5 Å². The lowest BCUT2D eigenvalue weighted by Gasteiger charge is -2.25. The van der Waals surface area contributed by atoms with Crippen LogP contribution in [0.15, 0.2) is 76.7 Å². The fraction of sp³-hybridized carbons (Fsp3) is 0.172. The van der Waals surface area contributed by atoms with Gasteiger partial charge in [-0.2, -0.15) is 5.10 Å². The normalized spacial score (nSPS) is 11.4. The second-order valence-corrected chi connectivity index (χ2v) is 12.0. The number of aryl methyl sites for hydroxylation is 1. The molecule has 3 aromatic carbocycles. The highest BCUT2D eigenvalue weighted by Crippen LogP contribution is 2.37. The van der Waals surface area contributed by atoms with Crippen LogP contribution in [0.1, 0.15) is 17.0 Å². The van der Waals surface area contributed by atoms with Crippen molar-refractivity contribution in [2.45, 2.75) is 18.7 Å². The number of halogens is 2. The zero-order chi connectivity index (χ0) is 32.2. The maximum Gasteiger partial charge on any atom is 0.289 e. The number of nitro groups is 1. The van der Waals surface area contributed by atoms with Crippen LogP contribution in [0, 0.1) is 24.0 Å². The Labute approximate surface area is 263 Å². The summed E-state index contributed by atoms with van der Waals surface area (Å²) in [6, 6.07) is 16.0. The molecule has 0 radical (unpaired) electrons. The van der Waals surface area contributed by atoms with Crippen LogP contribution < -0.4 is 19.2 Å². The van der Waals surface area contributed by atoms with Crippen molar-refractivity contribution in [1.29, 1.82) is 0 Å². The topological polar surface area (TPSA) is 145 Å². The van der Waals surface area contributed by atoms with Crippen LogP contribution in [0.2, 0.25) is 10.0 Å². The Morgan fingerprint density at radius 3 is 2.48 bits per heavy atom. The monoisotopic (exact) mass is 659 g/mol. The lowest BCUT2D eigenvalue weighted by Crippen LogP contribution is -2.40. The molecule has 1 heterocycles.